The highest BCUT2D eigenvalue weighted by atomic mass is 35.5. The summed E-state index contributed by atoms with van der Waals surface area (Å²) in [6.07, 6.45) is 1.09. The molecule has 0 aliphatic rings. The number of nitrogens with zero attached hydrogens (tertiary/aromatic N) is 3. The Morgan fingerprint density at radius 1 is 1.41 bits per heavy atom. The Bertz CT molecular complexity index is 693. The number of nitrogens with one attached hydrogen (secondary N) is 1. The second-order valence-electron chi connectivity index (χ2n) is 4.38. The lowest BCUT2D eigenvalue weighted by atomic mass is 10.3. The second-order valence-corrected chi connectivity index (χ2v) is 6.00. The summed E-state index contributed by atoms with van der Waals surface area (Å²) in [7, 11) is 0. The Morgan fingerprint density at radius 3 is 2.77 bits per heavy atom. The molecule has 0 radical (unpaired) electrons. The van der Waals surface area contributed by atoms with Gasteiger partial charge in [-0.3, -0.25) is 10.2 Å². The molecule has 9 heteroatoms. The van der Waals surface area contributed by atoms with Crippen LogP contribution in [0.4, 0.5) is 0 Å². The molecule has 0 spiro atoms. The normalized spacial score (nSPS) is 12.0. The molecule has 6 nitrogen and oxygen atoms in total. The average Bonchev–Trinajstić information content (AvgIpc) is 2.82. The van der Waals surface area contributed by atoms with Gasteiger partial charge in [-0.1, -0.05) is 35.0 Å². The largest absolute Gasteiger partial charge is 0.479 e. The Labute approximate surface area is 142 Å². The van der Waals surface area contributed by atoms with Crippen LogP contribution in [0.15, 0.2) is 23.4 Å². The highest BCUT2D eigenvalue weighted by Crippen LogP contribution is 2.28. The van der Waals surface area contributed by atoms with Gasteiger partial charge >= 0.3 is 0 Å². The Hall–Kier alpha value is -1.44. The zero-order valence-electron chi connectivity index (χ0n) is 12.1. The van der Waals surface area contributed by atoms with E-state index in [0.717, 1.165) is 0 Å². The molecule has 1 unspecified atom stereocenters. The number of aromatic nitrogens is 3. The Balaban J connectivity index is 2.07. The van der Waals surface area contributed by atoms with Gasteiger partial charge in [0, 0.05) is 5.02 Å². The predicted octanol–water partition coefficient (Wildman–Crippen LogP) is 3.15. The number of hydrogen-bond donors (Lipinski definition) is 1. The molecule has 118 valence electrons. The first-order chi connectivity index (χ1) is 10.4. The first-order valence-electron chi connectivity index (χ1n) is 6.31. The molecule has 1 heterocycles. The van der Waals surface area contributed by atoms with Gasteiger partial charge in [-0.25, -0.2) is 4.68 Å². The molecule has 1 amide bonds. The molecule has 0 saturated carbocycles. The number of ether oxygens (including phenoxy) is 1. The zero-order valence-corrected chi connectivity index (χ0v) is 14.5. The van der Waals surface area contributed by atoms with E-state index in [4.69, 9.17) is 27.9 Å². The van der Waals surface area contributed by atoms with Crippen LogP contribution in [0, 0.1) is 6.92 Å². The second kappa shape index (κ2) is 7.21. The number of benzene rings is 1. The van der Waals surface area contributed by atoms with Crippen molar-refractivity contribution in [3.63, 3.8) is 0 Å². The van der Waals surface area contributed by atoms with E-state index in [1.807, 2.05) is 6.26 Å². The quantitative estimate of drug-likeness (QED) is 0.829. The van der Waals surface area contributed by atoms with Crippen LogP contribution in [0.5, 0.6) is 5.75 Å². The van der Waals surface area contributed by atoms with Gasteiger partial charge in [0.1, 0.15) is 11.6 Å². The molecule has 2 rings (SSSR count). The molecule has 0 aliphatic heterocycles. The summed E-state index contributed by atoms with van der Waals surface area (Å²) in [5, 5.41) is 9.28. The van der Waals surface area contributed by atoms with E-state index >= 15 is 0 Å². The summed E-state index contributed by atoms with van der Waals surface area (Å²) >= 11 is 13.2. The van der Waals surface area contributed by atoms with E-state index in [1.54, 1.807) is 32.0 Å². The number of carbonyl (C=O) groups excluding carboxylic acids is 1. The van der Waals surface area contributed by atoms with Crippen molar-refractivity contribution < 1.29 is 9.53 Å². The molecule has 22 heavy (non-hydrogen) atoms. The molecule has 0 aliphatic carbocycles. The first-order valence-corrected chi connectivity index (χ1v) is 8.29. The van der Waals surface area contributed by atoms with Crippen molar-refractivity contribution in [1.29, 1.82) is 0 Å². The lowest BCUT2D eigenvalue weighted by Crippen LogP contribution is -2.35. The van der Waals surface area contributed by atoms with Crippen LogP contribution >= 0.6 is 35.0 Å². The number of thioether (sulfide) groups is 1. The number of hydrogen-bond acceptors (Lipinski definition) is 5. The minimum absolute atomic E-state index is 0.343. The third kappa shape index (κ3) is 3.85. The summed E-state index contributed by atoms with van der Waals surface area (Å²) in [4.78, 5) is 12.2. The van der Waals surface area contributed by atoms with Crippen molar-refractivity contribution in [2.75, 3.05) is 11.7 Å². The maximum atomic E-state index is 12.2. The fraction of sp³-hybridized carbons (Fsp3) is 0.308. The van der Waals surface area contributed by atoms with Gasteiger partial charge < -0.3 is 4.74 Å². The van der Waals surface area contributed by atoms with Crippen LogP contribution in [0.3, 0.4) is 0 Å². The number of carbonyl (C=O) groups is 1. The minimum Gasteiger partial charge on any atom is -0.479 e. The third-order valence-corrected chi connectivity index (χ3v) is 3.93. The molecular weight excluding hydrogens is 347 g/mol. The van der Waals surface area contributed by atoms with Gasteiger partial charge in [-0.2, -0.15) is 0 Å². The van der Waals surface area contributed by atoms with Crippen LogP contribution in [-0.2, 0) is 4.79 Å². The summed E-state index contributed by atoms with van der Waals surface area (Å²) in [5.41, 5.74) is 2.70. The number of halogens is 2. The maximum absolute atomic E-state index is 12.2. The number of aryl methyl sites for hydroxylation is 1. The van der Waals surface area contributed by atoms with Crippen molar-refractivity contribution >= 4 is 40.9 Å². The van der Waals surface area contributed by atoms with Crippen molar-refractivity contribution in [2.45, 2.75) is 25.1 Å². The molecule has 1 N–H and O–H groups in total. The van der Waals surface area contributed by atoms with Crippen molar-refractivity contribution in [3.8, 4) is 5.75 Å². The summed E-state index contributed by atoms with van der Waals surface area (Å²) in [6, 6.07) is 4.81. The molecule has 1 aromatic heterocycles. The third-order valence-electron chi connectivity index (χ3n) is 2.77. The maximum Gasteiger partial charge on any atom is 0.279 e. The van der Waals surface area contributed by atoms with E-state index in [-0.39, 0.29) is 5.91 Å². The molecule has 1 aromatic carbocycles. The molecule has 0 bridgehead atoms. The fourth-order valence-corrected chi connectivity index (χ4v) is 2.56. The number of rotatable bonds is 5. The first kappa shape index (κ1) is 16.9. The minimum atomic E-state index is -0.754. The summed E-state index contributed by atoms with van der Waals surface area (Å²) in [6.45, 7) is 3.37. The van der Waals surface area contributed by atoms with Crippen molar-refractivity contribution in [2.24, 2.45) is 0 Å². The summed E-state index contributed by atoms with van der Waals surface area (Å²) in [5.74, 6) is 0.623. The van der Waals surface area contributed by atoms with E-state index in [1.165, 1.54) is 16.4 Å². The molecule has 0 fully saturated rings. The van der Waals surface area contributed by atoms with E-state index in [0.29, 0.717) is 26.8 Å². The highest BCUT2D eigenvalue weighted by molar-refractivity contribution is 7.98. The Kier molecular flexibility index (Phi) is 5.55. The molecule has 2 aromatic rings. The van der Waals surface area contributed by atoms with Crippen LogP contribution < -0.4 is 10.2 Å². The van der Waals surface area contributed by atoms with E-state index in [9.17, 15) is 4.79 Å². The van der Waals surface area contributed by atoms with Crippen LogP contribution in [0.1, 0.15) is 12.7 Å². The zero-order chi connectivity index (χ0) is 16.3. The summed E-state index contributed by atoms with van der Waals surface area (Å²) < 4.78 is 7.07. The lowest BCUT2D eigenvalue weighted by molar-refractivity contribution is -0.123. The topological polar surface area (TPSA) is 69.0 Å². The van der Waals surface area contributed by atoms with Gasteiger partial charge in [-0.15, -0.1) is 10.2 Å². The average molecular weight is 361 g/mol. The van der Waals surface area contributed by atoms with Gasteiger partial charge in [0.05, 0.1) is 5.02 Å². The van der Waals surface area contributed by atoms with Gasteiger partial charge in [0.2, 0.25) is 5.16 Å². The molecular formula is C13H14Cl2N4O2S. The van der Waals surface area contributed by atoms with E-state index < -0.39 is 6.10 Å². The standard InChI is InChI=1S/C13H14Cl2N4O2S/c1-7(21-11-5-4-9(14)6-10(11)15)12(20)18-19-8(2)16-17-13(19)22-3/h4-7H,1-3H3,(H,18,20). The lowest BCUT2D eigenvalue weighted by Gasteiger charge is -2.17. The highest BCUT2D eigenvalue weighted by Gasteiger charge is 2.19. The van der Waals surface area contributed by atoms with Crippen molar-refractivity contribution in [3.05, 3.63) is 34.1 Å². The van der Waals surface area contributed by atoms with Crippen molar-refractivity contribution in [1.82, 2.24) is 14.9 Å². The predicted molar refractivity (Wildman–Crippen MR) is 87.5 cm³/mol. The van der Waals surface area contributed by atoms with Gasteiger partial charge in [0.25, 0.3) is 5.91 Å². The fourth-order valence-electron chi connectivity index (χ4n) is 1.62. The van der Waals surface area contributed by atoms with E-state index in [2.05, 4.69) is 15.6 Å². The van der Waals surface area contributed by atoms with Crippen LogP contribution in [0.25, 0.3) is 0 Å². The molecule has 0 saturated heterocycles. The van der Waals surface area contributed by atoms with Gasteiger partial charge in [-0.05, 0) is 38.3 Å². The SMILES string of the molecule is CSc1nnc(C)n1NC(=O)C(C)Oc1ccc(Cl)cc1Cl. The monoisotopic (exact) mass is 360 g/mol. The number of amides is 1. The Morgan fingerprint density at radius 2 is 2.14 bits per heavy atom. The van der Waals surface area contributed by atoms with Gasteiger partial charge in [0.15, 0.2) is 6.10 Å². The molecule has 1 atom stereocenters. The smallest absolute Gasteiger partial charge is 0.279 e. The van der Waals surface area contributed by atoms with Crippen LogP contribution in [0.2, 0.25) is 10.0 Å². The van der Waals surface area contributed by atoms with Crippen LogP contribution in [-0.4, -0.2) is 33.1 Å².